The first-order valence-electron chi connectivity index (χ1n) is 8.06. The Hall–Kier alpha value is -0.530. The van der Waals surface area contributed by atoms with Crippen LogP contribution in [0.5, 0.6) is 0 Å². The quantitative estimate of drug-likeness (QED) is 0.724. The fraction of sp³-hybridized carbons (Fsp3) is 0.938. The molecule has 3 aliphatic rings. The highest BCUT2D eigenvalue weighted by molar-refractivity contribution is 5.87. The summed E-state index contributed by atoms with van der Waals surface area (Å²) in [4.78, 5) is 7.72. The molecule has 0 radical (unpaired) electrons. The number of nitrogens with zero attached hydrogens (tertiary/aromatic N) is 2. The largest absolute Gasteiger partial charge is 0.358 e. The van der Waals surface area contributed by atoms with Gasteiger partial charge < -0.3 is 4.90 Å². The highest BCUT2D eigenvalue weighted by atomic mass is 15.3. The molecule has 2 fully saturated rings. The molecule has 18 heavy (non-hydrogen) atoms. The van der Waals surface area contributed by atoms with E-state index in [0.29, 0.717) is 12.1 Å². The minimum atomic E-state index is 0.632. The number of likely N-dealkylation sites (N-methyl/N-ethyl adjacent to an activating group) is 1. The standard InChI is InChI=1S/C16H28N2/c1-4-7-12-10-13(12)15-14(5-2)18(3)16(17-15)11-8-6-9-11/h11-15H,4-10H2,1-3H3. The van der Waals surface area contributed by atoms with Crippen LogP contribution in [0.25, 0.3) is 0 Å². The molecule has 2 aliphatic carbocycles. The number of hydrogen-bond donors (Lipinski definition) is 0. The van der Waals surface area contributed by atoms with E-state index in [1.54, 1.807) is 0 Å². The smallest absolute Gasteiger partial charge is 0.102 e. The molecule has 0 saturated heterocycles. The number of aliphatic imine (C=N–C) groups is 1. The minimum absolute atomic E-state index is 0.632. The zero-order valence-corrected chi connectivity index (χ0v) is 12.2. The molecule has 0 N–H and O–H groups in total. The fourth-order valence-electron chi connectivity index (χ4n) is 4.08. The van der Waals surface area contributed by atoms with E-state index in [0.717, 1.165) is 17.8 Å². The van der Waals surface area contributed by atoms with Crippen molar-refractivity contribution in [1.82, 2.24) is 4.90 Å². The molecule has 3 rings (SSSR count). The number of hydrogen-bond acceptors (Lipinski definition) is 2. The lowest BCUT2D eigenvalue weighted by atomic mass is 9.84. The maximum atomic E-state index is 5.18. The molecule has 2 nitrogen and oxygen atoms in total. The van der Waals surface area contributed by atoms with Crippen molar-refractivity contribution in [2.24, 2.45) is 22.7 Å². The van der Waals surface area contributed by atoms with Gasteiger partial charge in [0.15, 0.2) is 0 Å². The van der Waals surface area contributed by atoms with Crippen LogP contribution < -0.4 is 0 Å². The van der Waals surface area contributed by atoms with Crippen molar-refractivity contribution in [2.45, 2.75) is 70.9 Å². The Bertz CT molecular complexity index is 332. The molecule has 0 aromatic rings. The van der Waals surface area contributed by atoms with Gasteiger partial charge in [-0.2, -0.15) is 0 Å². The van der Waals surface area contributed by atoms with E-state index >= 15 is 0 Å². The Labute approximate surface area is 112 Å². The summed E-state index contributed by atoms with van der Waals surface area (Å²) < 4.78 is 0. The lowest BCUT2D eigenvalue weighted by Gasteiger charge is -2.32. The summed E-state index contributed by atoms with van der Waals surface area (Å²) >= 11 is 0. The summed E-state index contributed by atoms with van der Waals surface area (Å²) in [5.74, 6) is 4.17. The minimum Gasteiger partial charge on any atom is -0.358 e. The lowest BCUT2D eigenvalue weighted by molar-refractivity contribution is 0.293. The predicted octanol–water partition coefficient (Wildman–Crippen LogP) is 3.71. The van der Waals surface area contributed by atoms with Gasteiger partial charge in [-0.15, -0.1) is 0 Å². The second-order valence-electron chi connectivity index (χ2n) is 6.64. The monoisotopic (exact) mass is 248 g/mol. The van der Waals surface area contributed by atoms with Crippen molar-refractivity contribution in [3.8, 4) is 0 Å². The van der Waals surface area contributed by atoms with Crippen molar-refractivity contribution < 1.29 is 0 Å². The highest BCUT2D eigenvalue weighted by Crippen LogP contribution is 2.49. The molecule has 0 aromatic heterocycles. The molecule has 0 amide bonds. The van der Waals surface area contributed by atoms with Gasteiger partial charge >= 0.3 is 0 Å². The average Bonchev–Trinajstić information content (AvgIpc) is 2.97. The van der Waals surface area contributed by atoms with Gasteiger partial charge in [0.1, 0.15) is 5.84 Å². The van der Waals surface area contributed by atoms with Gasteiger partial charge in [0.25, 0.3) is 0 Å². The average molecular weight is 248 g/mol. The molecule has 0 spiro atoms. The summed E-state index contributed by atoms with van der Waals surface area (Å²) in [5, 5.41) is 0. The Morgan fingerprint density at radius 3 is 2.61 bits per heavy atom. The van der Waals surface area contributed by atoms with Crippen LogP contribution in [0.4, 0.5) is 0 Å². The maximum Gasteiger partial charge on any atom is 0.102 e. The Kier molecular flexibility index (Phi) is 3.38. The fourth-order valence-corrected chi connectivity index (χ4v) is 4.08. The van der Waals surface area contributed by atoms with Crippen LogP contribution in [0.1, 0.15) is 58.8 Å². The third-order valence-corrected chi connectivity index (χ3v) is 5.50. The first-order valence-corrected chi connectivity index (χ1v) is 8.06. The van der Waals surface area contributed by atoms with E-state index in [4.69, 9.17) is 4.99 Å². The molecular formula is C16H28N2. The topological polar surface area (TPSA) is 15.6 Å². The van der Waals surface area contributed by atoms with Crippen molar-refractivity contribution in [3.05, 3.63) is 0 Å². The molecule has 4 atom stereocenters. The summed E-state index contributed by atoms with van der Waals surface area (Å²) in [6, 6.07) is 1.33. The second-order valence-corrected chi connectivity index (χ2v) is 6.64. The first kappa shape index (κ1) is 12.5. The summed E-state index contributed by atoms with van der Waals surface area (Å²) in [5.41, 5.74) is 0. The normalized spacial score (nSPS) is 39.7. The van der Waals surface area contributed by atoms with E-state index in [9.17, 15) is 0 Å². The van der Waals surface area contributed by atoms with Crippen LogP contribution >= 0.6 is 0 Å². The molecular weight excluding hydrogens is 220 g/mol. The van der Waals surface area contributed by atoms with Crippen molar-refractivity contribution in [3.63, 3.8) is 0 Å². The summed E-state index contributed by atoms with van der Waals surface area (Å²) in [6.07, 6.45) is 9.67. The van der Waals surface area contributed by atoms with Gasteiger partial charge in [-0.25, -0.2) is 0 Å². The van der Waals surface area contributed by atoms with E-state index in [1.807, 2.05) is 0 Å². The van der Waals surface area contributed by atoms with Gasteiger partial charge in [0.05, 0.1) is 12.1 Å². The molecule has 2 saturated carbocycles. The number of amidine groups is 1. The van der Waals surface area contributed by atoms with E-state index in [-0.39, 0.29) is 0 Å². The third kappa shape index (κ3) is 1.98. The summed E-state index contributed by atoms with van der Waals surface area (Å²) in [7, 11) is 2.29. The van der Waals surface area contributed by atoms with Gasteiger partial charge in [-0.05, 0) is 37.5 Å². The van der Waals surface area contributed by atoms with Crippen molar-refractivity contribution >= 4 is 5.84 Å². The molecule has 0 bridgehead atoms. The zero-order valence-electron chi connectivity index (χ0n) is 12.2. The van der Waals surface area contributed by atoms with Crippen LogP contribution in [0.3, 0.4) is 0 Å². The van der Waals surface area contributed by atoms with Crippen LogP contribution in [0.15, 0.2) is 4.99 Å². The molecule has 102 valence electrons. The van der Waals surface area contributed by atoms with E-state index < -0.39 is 0 Å². The van der Waals surface area contributed by atoms with Gasteiger partial charge in [-0.1, -0.05) is 33.1 Å². The maximum absolute atomic E-state index is 5.18. The van der Waals surface area contributed by atoms with E-state index in [1.165, 1.54) is 50.8 Å². The zero-order chi connectivity index (χ0) is 12.7. The van der Waals surface area contributed by atoms with Gasteiger partial charge in [0.2, 0.25) is 0 Å². The summed E-state index contributed by atoms with van der Waals surface area (Å²) in [6.45, 7) is 4.65. The molecule has 4 unspecified atom stereocenters. The predicted molar refractivity (Wildman–Crippen MR) is 76.9 cm³/mol. The van der Waals surface area contributed by atoms with Crippen LogP contribution in [-0.2, 0) is 0 Å². The number of rotatable bonds is 5. The highest BCUT2D eigenvalue weighted by Gasteiger charge is 2.49. The second kappa shape index (κ2) is 4.86. The third-order valence-electron chi connectivity index (χ3n) is 5.50. The van der Waals surface area contributed by atoms with Gasteiger partial charge in [-0.3, -0.25) is 4.99 Å². The van der Waals surface area contributed by atoms with E-state index in [2.05, 4.69) is 25.8 Å². The first-order chi connectivity index (χ1) is 8.76. The van der Waals surface area contributed by atoms with Crippen molar-refractivity contribution in [2.75, 3.05) is 7.05 Å². The van der Waals surface area contributed by atoms with Crippen molar-refractivity contribution in [1.29, 1.82) is 0 Å². The van der Waals surface area contributed by atoms with Crippen LogP contribution in [-0.4, -0.2) is 29.9 Å². The molecule has 1 heterocycles. The Morgan fingerprint density at radius 1 is 1.28 bits per heavy atom. The molecule has 2 heteroatoms. The molecule has 1 aliphatic heterocycles. The Morgan fingerprint density at radius 2 is 2.06 bits per heavy atom. The lowest BCUT2D eigenvalue weighted by Crippen LogP contribution is -2.40. The van der Waals surface area contributed by atoms with Crippen LogP contribution in [0.2, 0.25) is 0 Å². The van der Waals surface area contributed by atoms with Crippen LogP contribution in [0, 0.1) is 17.8 Å². The SMILES string of the molecule is CCCC1CC1C1N=C(C2CCC2)N(C)C1CC. The Balaban J connectivity index is 1.70. The molecule has 0 aromatic carbocycles. The van der Waals surface area contributed by atoms with Gasteiger partial charge in [0, 0.05) is 13.0 Å².